The number of aromatic amines is 1. The molecule has 3 aliphatic carbocycles. The van der Waals surface area contributed by atoms with Gasteiger partial charge in [-0.2, -0.15) is 0 Å². The van der Waals surface area contributed by atoms with Crippen LogP contribution in [0.2, 0.25) is 5.02 Å². The summed E-state index contributed by atoms with van der Waals surface area (Å²) in [5.41, 5.74) is 8.09. The lowest BCUT2D eigenvalue weighted by Gasteiger charge is -2.41. The summed E-state index contributed by atoms with van der Waals surface area (Å²) in [7, 11) is 0. The summed E-state index contributed by atoms with van der Waals surface area (Å²) in [6, 6.07) is 28.7. The van der Waals surface area contributed by atoms with E-state index in [-0.39, 0.29) is 65.2 Å². The molecule has 13 atom stereocenters. The van der Waals surface area contributed by atoms with Crippen molar-refractivity contribution < 1.29 is 53.5 Å². The molecule has 24 heteroatoms. The molecule has 10 aliphatic rings. The van der Waals surface area contributed by atoms with Gasteiger partial charge in [-0.25, -0.2) is 0 Å². The number of ether oxygens (including phenoxy) is 3. The molecule has 114 heavy (non-hydrogen) atoms. The van der Waals surface area contributed by atoms with Crippen molar-refractivity contribution in [1.82, 2.24) is 45.5 Å². The van der Waals surface area contributed by atoms with E-state index in [4.69, 9.17) is 25.8 Å². The Morgan fingerprint density at radius 1 is 0.816 bits per heavy atom. The van der Waals surface area contributed by atoms with Gasteiger partial charge in [0.25, 0.3) is 5.91 Å². The highest BCUT2D eigenvalue weighted by atomic mass is 35.5. The smallest absolute Gasteiger partial charge is 0.311 e. The number of nitrogens with zero attached hydrogens (tertiary/aromatic N) is 6. The number of carbonyl (C=O) groups excluding carboxylic acids is 5. The van der Waals surface area contributed by atoms with E-state index in [1.807, 2.05) is 111 Å². The number of quaternary nitrogens is 1. The fourth-order valence-corrected chi connectivity index (χ4v) is 20.0. The van der Waals surface area contributed by atoms with Crippen molar-refractivity contribution in [3.8, 4) is 11.5 Å². The van der Waals surface area contributed by atoms with Crippen LogP contribution in [0.5, 0.6) is 11.5 Å². The summed E-state index contributed by atoms with van der Waals surface area (Å²) in [5, 5.41) is 38.0. The second-order valence-corrected chi connectivity index (χ2v) is 34.5. The van der Waals surface area contributed by atoms with E-state index in [9.17, 15) is 39.2 Å². The number of likely N-dealkylation sites (N-methyl/N-ethyl adjacent to an activating group) is 1. The van der Waals surface area contributed by atoms with Crippen LogP contribution in [0.25, 0.3) is 16.5 Å². The largest absolute Gasteiger partial charge is 0.502 e. The van der Waals surface area contributed by atoms with Crippen molar-refractivity contribution in [3.63, 3.8) is 0 Å². The Morgan fingerprint density at radius 2 is 1.60 bits per heavy atom. The summed E-state index contributed by atoms with van der Waals surface area (Å²) in [6.07, 6.45) is 23.6. The number of fused-ring (bicyclic) bond motifs is 4. The zero-order chi connectivity index (χ0) is 79.7. The van der Waals surface area contributed by atoms with Crippen molar-refractivity contribution in [1.29, 1.82) is 0 Å². The number of hydrogen-bond donors (Lipinski definition) is 7. The second kappa shape index (κ2) is 37.1. The number of nitro benzene ring substituents is 1. The topological polar surface area (TPSA) is 283 Å². The summed E-state index contributed by atoms with van der Waals surface area (Å²) in [6.45, 7) is 24.3. The van der Waals surface area contributed by atoms with Gasteiger partial charge >= 0.3 is 5.69 Å². The number of aromatic hydroxyl groups is 1. The molecule has 9 heterocycles. The van der Waals surface area contributed by atoms with Gasteiger partial charge in [0.15, 0.2) is 17.8 Å². The van der Waals surface area contributed by atoms with E-state index in [1.165, 1.54) is 57.2 Å². The molecular formula is C90H118ClN12O11+. The van der Waals surface area contributed by atoms with Crippen molar-refractivity contribution in [2.45, 2.75) is 186 Å². The van der Waals surface area contributed by atoms with Crippen molar-refractivity contribution in [2.24, 2.45) is 47.3 Å². The number of pyridine rings is 1. The first kappa shape index (κ1) is 81.8. The van der Waals surface area contributed by atoms with Crippen molar-refractivity contribution >= 4 is 69.0 Å². The number of aromatic nitrogens is 2. The first-order valence-electron chi connectivity index (χ1n) is 42.4. The van der Waals surface area contributed by atoms with Crippen molar-refractivity contribution in [3.05, 3.63) is 176 Å². The lowest BCUT2D eigenvalue weighted by atomic mass is 9.73. The molecule has 23 nitrogen and oxygen atoms in total. The lowest BCUT2D eigenvalue weighted by molar-refractivity contribution is -0.711. The molecule has 7 aliphatic heterocycles. The predicted octanol–water partition coefficient (Wildman–Crippen LogP) is 11.8. The molecule has 610 valence electrons. The highest BCUT2D eigenvalue weighted by molar-refractivity contribution is 6.32. The minimum Gasteiger partial charge on any atom is -0.502 e. The second-order valence-electron chi connectivity index (χ2n) is 34.0. The standard InChI is InChI=1S/C35H51N5O4.C28H34ClN3O2.C27H32N4O5/c1-6-38-15-17-39(18-16-38)13-8-14-40-31(33(42)37-27-10-7-9-24(4)25(27)5)35-12-11-28(44-35)29(30(35)34(40)43)32(41)36-26-20-22(2)19-23(3)21-26;29-26-7-2-1-6-24(26)22-15-27(34-19-22)25-18-32(17-20-8-9-20)14-11-21(25)16-28(33)31-13-10-23-5-3-4-12-30-23;1-2-36-18-9-10-21-19(13-18)20-14-22(27(33)28-15-16-6-4-3-5-7-16)30-25(26(20)29-21)17-8-11-24(32)23(12-17)31(34)35/h11-12,19-21,24-25,27-31H,6-10,13-18H2,1-5H3,(H,36,41)(H,37,42);1-7,12,19-21,25,27H,8-11,13-18H2,(H,31,33);8-13,16,22,25,29-30,32H,2-7,14-15H2,1H3,(H,28,33)/p+1/t24-,25+,27+,28-,29+,30?,31+,35+;21-,25-,27+;22?,25-/m001/s1. The summed E-state index contributed by atoms with van der Waals surface area (Å²) >= 11 is 6.45. The van der Waals surface area contributed by atoms with Gasteiger partial charge in [-0.3, -0.25) is 39.1 Å². The molecule has 0 radical (unpaired) electrons. The number of piperidine rings is 1. The number of benzene rings is 4. The third-order valence-corrected chi connectivity index (χ3v) is 26.6. The number of rotatable bonds is 25. The quantitative estimate of drug-likeness (QED) is 0.0159. The minimum atomic E-state index is -1.13. The van der Waals surface area contributed by atoms with Gasteiger partial charge in [0.05, 0.1) is 41.4 Å². The first-order chi connectivity index (χ1) is 55.2. The SMILES string of the molecule is CCN1CCN(CCCN2C(=O)C3[C@H](C(=O)Nc4cc(C)cc(C)c4)[C@@H]4C=C[C@]3(O4)[C@H]2C(=O)N[C@@H]2CCC[C@H](C)[C@H]2C)CC1.CCOc1ccc2[nH]c3c(c2c1)CC(C(=O)NCC1CCCCC1)[NH2+][C@@H]3c1ccc(O)c([N+](=O)[O-])c1.O=C(C[C@@H]1CCN(CC2CC2)C[C@@H]1[C@H]1CC(c2ccccc2Cl)=CO1)NCCc1ccccn1. The van der Waals surface area contributed by atoms with Crippen molar-refractivity contribution in [2.75, 3.05) is 90.5 Å². The fourth-order valence-electron chi connectivity index (χ4n) is 19.8. The van der Waals surface area contributed by atoms with E-state index in [2.05, 4.69) is 78.8 Å². The lowest BCUT2D eigenvalue weighted by Crippen LogP contribution is -2.95. The average molecular weight is 1580 g/mol. The Morgan fingerprint density at radius 3 is 2.34 bits per heavy atom. The number of amides is 5. The van der Waals surface area contributed by atoms with Gasteiger partial charge < -0.3 is 70.5 Å². The monoisotopic (exact) mass is 1580 g/mol. The summed E-state index contributed by atoms with van der Waals surface area (Å²) in [5.74, 6) is 1.53. The van der Waals surface area contributed by atoms with Gasteiger partial charge in [-0.05, 0) is 203 Å². The maximum Gasteiger partial charge on any atom is 0.311 e. The van der Waals surface area contributed by atoms with Crippen LogP contribution in [-0.4, -0.2) is 190 Å². The number of likely N-dealkylation sites (tertiary alicyclic amines) is 2. The highest BCUT2D eigenvalue weighted by Crippen LogP contribution is 2.56. The molecule has 2 aromatic heterocycles. The Bertz CT molecular complexity index is 4440. The van der Waals surface area contributed by atoms with Gasteiger partial charge in [-0.15, -0.1) is 0 Å². The maximum absolute atomic E-state index is 14.4. The number of hydrogen-bond acceptors (Lipinski definition) is 15. The number of phenols is 1. The highest BCUT2D eigenvalue weighted by Gasteiger charge is 2.73. The average Bonchev–Trinajstić information content (AvgIpc) is 1.49. The maximum atomic E-state index is 14.4. The zero-order valence-corrected chi connectivity index (χ0v) is 68.1. The fraction of sp³-hybridized carbons (Fsp3) is 0.556. The Kier molecular flexibility index (Phi) is 26.6. The van der Waals surface area contributed by atoms with Crippen LogP contribution in [-0.2, 0) is 46.3 Å². The Labute approximate surface area is 676 Å². The molecule has 2 unspecified atom stereocenters. The Hall–Kier alpha value is -8.71. The first-order valence-corrected chi connectivity index (χ1v) is 42.8. The van der Waals surface area contributed by atoms with E-state index in [0.29, 0.717) is 79.9 Å². The molecule has 7 fully saturated rings. The van der Waals surface area contributed by atoms with Crippen LogP contribution in [0.3, 0.4) is 0 Å². The number of aryl methyl sites for hydroxylation is 2. The molecule has 5 amide bonds. The molecule has 8 N–H and O–H groups in total. The van der Waals surface area contributed by atoms with Crippen LogP contribution in [0.4, 0.5) is 11.4 Å². The molecule has 6 aromatic rings. The number of piperazine rings is 1. The summed E-state index contributed by atoms with van der Waals surface area (Å²) < 4.78 is 18.5. The molecule has 4 saturated heterocycles. The number of anilines is 1. The van der Waals surface area contributed by atoms with Crippen LogP contribution in [0.15, 0.2) is 122 Å². The number of H-pyrrole nitrogens is 1. The molecule has 2 bridgehead atoms. The minimum absolute atomic E-state index is 0.0141. The molecule has 3 saturated carbocycles. The van der Waals surface area contributed by atoms with Gasteiger partial charge in [0, 0.05) is 142 Å². The van der Waals surface area contributed by atoms with E-state index in [0.717, 1.165) is 171 Å². The zero-order valence-electron chi connectivity index (χ0n) is 67.3. The number of nitro groups is 1. The molecular weight excluding hydrogens is 1460 g/mol. The van der Waals surface area contributed by atoms with Crippen LogP contribution in [0, 0.1) is 71.3 Å². The number of nitrogens with two attached hydrogens (primary N) is 1. The number of halogens is 1. The Balaban J connectivity index is 0.000000143. The third kappa shape index (κ3) is 19.0. The molecule has 1 spiro atoms. The molecule has 4 aromatic carbocycles. The van der Waals surface area contributed by atoms with Gasteiger partial charge in [0.1, 0.15) is 23.5 Å². The predicted molar refractivity (Wildman–Crippen MR) is 441 cm³/mol. The third-order valence-electron chi connectivity index (χ3n) is 26.3. The van der Waals surface area contributed by atoms with Gasteiger partial charge in [0.2, 0.25) is 23.6 Å². The number of nitrogens with one attached hydrogen (secondary N) is 5. The normalized spacial score (nSPS) is 27.4. The van der Waals surface area contributed by atoms with Crippen LogP contribution < -0.4 is 31.3 Å². The van der Waals surface area contributed by atoms with E-state index >= 15 is 0 Å². The van der Waals surface area contributed by atoms with Crippen LogP contribution >= 0.6 is 11.6 Å². The van der Waals surface area contributed by atoms with E-state index in [1.54, 1.807) is 17.2 Å². The summed E-state index contributed by atoms with van der Waals surface area (Å²) in [4.78, 5) is 96.7. The number of phenolic OH excluding ortho intramolecular Hbond substituents is 1. The molecule has 16 rings (SSSR count). The number of carbonyl (C=O) groups is 5. The van der Waals surface area contributed by atoms with Crippen LogP contribution in [0.1, 0.15) is 163 Å². The van der Waals surface area contributed by atoms with E-state index < -0.39 is 34.5 Å². The van der Waals surface area contributed by atoms with Gasteiger partial charge in [-0.1, -0.05) is 107 Å².